The zero-order valence-electron chi connectivity index (χ0n) is 9.49. The third-order valence-corrected chi connectivity index (χ3v) is 2.78. The van der Waals surface area contributed by atoms with Crippen molar-refractivity contribution in [3.05, 3.63) is 23.8 Å². The third-order valence-electron chi connectivity index (χ3n) is 2.78. The predicted octanol–water partition coefficient (Wildman–Crippen LogP) is 0.918. The van der Waals surface area contributed by atoms with Crippen molar-refractivity contribution >= 4 is 17.5 Å². The fourth-order valence-corrected chi connectivity index (χ4v) is 1.82. The average molecular weight is 234 g/mol. The van der Waals surface area contributed by atoms with Crippen molar-refractivity contribution in [1.29, 1.82) is 0 Å². The molecule has 0 bridgehead atoms. The number of phenolic OH excluding ortho intramolecular Hbond substituents is 1. The summed E-state index contributed by atoms with van der Waals surface area (Å²) in [7, 11) is 0. The number of benzene rings is 1. The lowest BCUT2D eigenvalue weighted by Crippen LogP contribution is -2.37. The topological polar surface area (TPSA) is 78.4 Å². The minimum atomic E-state index is -0.448. The van der Waals surface area contributed by atoms with E-state index in [1.165, 1.54) is 6.07 Å². The molecule has 0 radical (unpaired) electrons. The molecule has 0 spiro atoms. The van der Waals surface area contributed by atoms with Gasteiger partial charge in [0, 0.05) is 12.1 Å². The Bertz CT molecular complexity index is 471. The van der Waals surface area contributed by atoms with Gasteiger partial charge in [0.1, 0.15) is 11.8 Å². The van der Waals surface area contributed by atoms with Gasteiger partial charge in [0.05, 0.1) is 0 Å². The van der Waals surface area contributed by atoms with Gasteiger partial charge in [0.25, 0.3) is 0 Å². The molecule has 3 N–H and O–H groups in total. The number of hydrogen-bond donors (Lipinski definition) is 3. The van der Waals surface area contributed by atoms with Crippen LogP contribution in [0.2, 0.25) is 0 Å². The van der Waals surface area contributed by atoms with Crippen LogP contribution in [0.3, 0.4) is 0 Å². The van der Waals surface area contributed by atoms with Gasteiger partial charge in [-0.3, -0.25) is 9.59 Å². The van der Waals surface area contributed by atoms with Gasteiger partial charge in [-0.2, -0.15) is 0 Å². The second-order valence-electron chi connectivity index (χ2n) is 4.15. The van der Waals surface area contributed by atoms with Crippen molar-refractivity contribution in [2.45, 2.75) is 25.8 Å². The predicted molar refractivity (Wildman–Crippen MR) is 62.6 cm³/mol. The fourth-order valence-electron chi connectivity index (χ4n) is 1.82. The van der Waals surface area contributed by atoms with E-state index in [0.717, 1.165) is 5.56 Å². The molecule has 1 heterocycles. The molecule has 5 heteroatoms. The Hall–Kier alpha value is -2.04. The lowest BCUT2D eigenvalue weighted by atomic mass is 10.1. The summed E-state index contributed by atoms with van der Waals surface area (Å²) < 4.78 is 0. The quantitative estimate of drug-likeness (QED) is 0.666. The van der Waals surface area contributed by atoms with E-state index in [-0.39, 0.29) is 17.6 Å². The maximum absolute atomic E-state index is 11.8. The first-order valence-electron chi connectivity index (χ1n) is 5.46. The Morgan fingerprint density at radius 3 is 2.88 bits per heavy atom. The number of carbonyl (C=O) groups excluding carboxylic acids is 2. The number of rotatable bonds is 2. The number of phenols is 1. The molecule has 5 nitrogen and oxygen atoms in total. The Morgan fingerprint density at radius 2 is 2.29 bits per heavy atom. The van der Waals surface area contributed by atoms with Crippen LogP contribution in [0.4, 0.5) is 5.69 Å². The number of hydrogen-bond acceptors (Lipinski definition) is 3. The highest BCUT2D eigenvalue weighted by Gasteiger charge is 2.27. The highest BCUT2D eigenvalue weighted by molar-refractivity contribution is 5.99. The summed E-state index contributed by atoms with van der Waals surface area (Å²) in [6.45, 7) is 1.79. The molecule has 2 amide bonds. The van der Waals surface area contributed by atoms with Crippen LogP contribution < -0.4 is 10.6 Å². The third kappa shape index (κ3) is 2.55. The zero-order valence-corrected chi connectivity index (χ0v) is 9.49. The molecule has 1 aromatic rings. The van der Waals surface area contributed by atoms with Crippen molar-refractivity contribution in [3.8, 4) is 5.75 Å². The van der Waals surface area contributed by atoms with Gasteiger partial charge in [-0.1, -0.05) is 0 Å². The summed E-state index contributed by atoms with van der Waals surface area (Å²) in [4.78, 5) is 22.8. The normalized spacial score (nSPS) is 18.9. The Balaban J connectivity index is 2.05. The monoisotopic (exact) mass is 234 g/mol. The highest BCUT2D eigenvalue weighted by atomic mass is 16.3. The van der Waals surface area contributed by atoms with Crippen LogP contribution in [0, 0.1) is 6.92 Å². The number of nitrogens with one attached hydrogen (secondary N) is 2. The van der Waals surface area contributed by atoms with Crippen LogP contribution in [0.25, 0.3) is 0 Å². The smallest absolute Gasteiger partial charge is 0.246 e. The first-order valence-corrected chi connectivity index (χ1v) is 5.46. The SMILES string of the molecule is Cc1cc(O)ccc1NC(=O)[C@@H]1CCC(=O)N1. The standard InChI is InChI=1S/C12H14N2O3/c1-7-6-8(15)2-3-9(7)14-12(17)10-4-5-11(16)13-10/h2-3,6,10,15H,4-5H2,1H3,(H,13,16)(H,14,17)/t10-/m0/s1. The molecule has 0 unspecified atom stereocenters. The molecule has 1 fully saturated rings. The van der Waals surface area contributed by atoms with Gasteiger partial charge < -0.3 is 15.7 Å². The maximum Gasteiger partial charge on any atom is 0.246 e. The lowest BCUT2D eigenvalue weighted by Gasteiger charge is -2.12. The van der Waals surface area contributed by atoms with Crippen LogP contribution in [0.5, 0.6) is 5.75 Å². The Kier molecular flexibility index (Phi) is 2.99. The molecule has 0 aliphatic carbocycles. The largest absolute Gasteiger partial charge is 0.508 e. The number of anilines is 1. The fraction of sp³-hybridized carbons (Fsp3) is 0.333. The summed E-state index contributed by atoms with van der Waals surface area (Å²) in [5.41, 5.74) is 1.43. The summed E-state index contributed by atoms with van der Waals surface area (Å²) in [6, 6.07) is 4.27. The van der Waals surface area contributed by atoms with E-state index in [9.17, 15) is 14.7 Å². The van der Waals surface area contributed by atoms with Crippen molar-refractivity contribution in [3.63, 3.8) is 0 Å². The number of carbonyl (C=O) groups is 2. The minimum Gasteiger partial charge on any atom is -0.508 e. The van der Waals surface area contributed by atoms with Crippen LogP contribution in [-0.4, -0.2) is 23.0 Å². The van der Waals surface area contributed by atoms with E-state index in [0.29, 0.717) is 18.5 Å². The van der Waals surface area contributed by atoms with Crippen LogP contribution in [0.1, 0.15) is 18.4 Å². The molecular formula is C12H14N2O3. The first-order chi connectivity index (χ1) is 8.06. The second-order valence-corrected chi connectivity index (χ2v) is 4.15. The molecule has 1 saturated heterocycles. The summed E-state index contributed by atoms with van der Waals surface area (Å²) in [5, 5.41) is 14.6. The summed E-state index contributed by atoms with van der Waals surface area (Å²) in [6.07, 6.45) is 0.925. The van der Waals surface area contributed by atoms with Gasteiger partial charge in [-0.15, -0.1) is 0 Å². The molecule has 1 aromatic carbocycles. The molecule has 2 rings (SSSR count). The number of amides is 2. The van der Waals surface area contributed by atoms with Crippen molar-refractivity contribution < 1.29 is 14.7 Å². The van der Waals surface area contributed by atoms with E-state index < -0.39 is 6.04 Å². The molecule has 0 saturated carbocycles. The summed E-state index contributed by atoms with van der Waals surface area (Å²) >= 11 is 0. The number of aryl methyl sites for hydroxylation is 1. The molecule has 1 aliphatic rings. The van der Waals surface area contributed by atoms with Gasteiger partial charge in [0.15, 0.2) is 0 Å². The Labute approximate surface area is 98.8 Å². The molecule has 90 valence electrons. The van der Waals surface area contributed by atoms with Crippen molar-refractivity contribution in [1.82, 2.24) is 5.32 Å². The van der Waals surface area contributed by atoms with Crippen LogP contribution >= 0.6 is 0 Å². The summed E-state index contributed by atoms with van der Waals surface area (Å²) in [5.74, 6) is -0.146. The second kappa shape index (κ2) is 4.45. The highest BCUT2D eigenvalue weighted by Crippen LogP contribution is 2.20. The lowest BCUT2D eigenvalue weighted by molar-refractivity contribution is -0.122. The van der Waals surface area contributed by atoms with Crippen molar-refractivity contribution in [2.75, 3.05) is 5.32 Å². The van der Waals surface area contributed by atoms with Crippen LogP contribution in [0.15, 0.2) is 18.2 Å². The van der Waals surface area contributed by atoms with Gasteiger partial charge in [0.2, 0.25) is 11.8 Å². The van der Waals surface area contributed by atoms with E-state index in [1.807, 2.05) is 0 Å². The van der Waals surface area contributed by atoms with E-state index in [2.05, 4.69) is 10.6 Å². The molecular weight excluding hydrogens is 220 g/mol. The molecule has 0 aromatic heterocycles. The van der Waals surface area contributed by atoms with Gasteiger partial charge in [-0.05, 0) is 37.1 Å². The molecule has 1 aliphatic heterocycles. The molecule has 17 heavy (non-hydrogen) atoms. The minimum absolute atomic E-state index is 0.0902. The number of aromatic hydroxyl groups is 1. The van der Waals surface area contributed by atoms with Crippen molar-refractivity contribution in [2.24, 2.45) is 0 Å². The van der Waals surface area contributed by atoms with E-state index in [4.69, 9.17) is 0 Å². The van der Waals surface area contributed by atoms with E-state index >= 15 is 0 Å². The van der Waals surface area contributed by atoms with E-state index in [1.54, 1.807) is 19.1 Å². The van der Waals surface area contributed by atoms with Crippen LogP contribution in [-0.2, 0) is 9.59 Å². The first kappa shape index (κ1) is 11.4. The van der Waals surface area contributed by atoms with Gasteiger partial charge in [-0.25, -0.2) is 0 Å². The average Bonchev–Trinajstić information content (AvgIpc) is 2.69. The maximum atomic E-state index is 11.8. The Morgan fingerprint density at radius 1 is 1.53 bits per heavy atom. The molecule has 1 atom stereocenters. The zero-order chi connectivity index (χ0) is 12.4. The van der Waals surface area contributed by atoms with Gasteiger partial charge >= 0.3 is 0 Å².